The fourth-order valence-electron chi connectivity index (χ4n) is 3.85. The molecule has 2 amide bonds. The summed E-state index contributed by atoms with van der Waals surface area (Å²) in [4.78, 5) is 44.7. The van der Waals surface area contributed by atoms with Crippen molar-refractivity contribution in [3.63, 3.8) is 0 Å². The molecule has 1 aliphatic rings. The first kappa shape index (κ1) is 22.2. The van der Waals surface area contributed by atoms with Crippen LogP contribution in [0.3, 0.4) is 0 Å². The van der Waals surface area contributed by atoms with Crippen molar-refractivity contribution >= 4 is 57.5 Å². The second kappa shape index (κ2) is 9.32. The molecule has 0 aliphatic carbocycles. The van der Waals surface area contributed by atoms with E-state index in [9.17, 15) is 14.4 Å². The van der Waals surface area contributed by atoms with Gasteiger partial charge in [0.2, 0.25) is 11.8 Å². The van der Waals surface area contributed by atoms with E-state index in [1.807, 2.05) is 36.4 Å². The van der Waals surface area contributed by atoms with Gasteiger partial charge in [-0.25, -0.2) is 4.98 Å². The molecule has 0 unspecified atom stereocenters. The Morgan fingerprint density at radius 2 is 1.79 bits per heavy atom. The topological polar surface area (TPSA) is 84.3 Å². The Morgan fingerprint density at radius 3 is 2.62 bits per heavy atom. The average molecular weight is 491 g/mol. The number of nitrogens with one attached hydrogen (secondary N) is 1. The Kier molecular flexibility index (Phi) is 6.08. The zero-order valence-electron chi connectivity index (χ0n) is 17.9. The van der Waals surface area contributed by atoms with Crippen molar-refractivity contribution in [1.82, 2.24) is 9.55 Å². The van der Waals surface area contributed by atoms with E-state index in [1.54, 1.807) is 41.0 Å². The largest absolute Gasteiger partial charge is 0.323 e. The number of para-hydroxylation sites is 2. The van der Waals surface area contributed by atoms with Crippen molar-refractivity contribution in [3.8, 4) is 0 Å². The van der Waals surface area contributed by atoms with Gasteiger partial charge in [-0.05, 0) is 35.9 Å². The van der Waals surface area contributed by atoms with E-state index in [-0.39, 0.29) is 29.7 Å². The van der Waals surface area contributed by atoms with E-state index in [4.69, 9.17) is 11.6 Å². The minimum absolute atomic E-state index is 0.00885. The molecular weight excluding hydrogens is 472 g/mol. The van der Waals surface area contributed by atoms with Crippen LogP contribution < -0.4 is 15.8 Å². The highest BCUT2D eigenvalue weighted by Crippen LogP contribution is 2.30. The number of halogens is 1. The molecule has 34 heavy (non-hydrogen) atoms. The van der Waals surface area contributed by atoms with E-state index in [2.05, 4.69) is 10.3 Å². The van der Waals surface area contributed by atoms with Crippen LogP contribution in [0, 0.1) is 0 Å². The zero-order chi connectivity index (χ0) is 23.7. The average Bonchev–Trinajstić information content (AvgIpc) is 2.84. The number of hydrogen-bond acceptors (Lipinski definition) is 5. The molecule has 0 fully saturated rings. The van der Waals surface area contributed by atoms with Gasteiger partial charge < -0.3 is 10.2 Å². The Bertz CT molecular complexity index is 1470. The molecule has 0 saturated heterocycles. The highest BCUT2D eigenvalue weighted by atomic mass is 35.5. The van der Waals surface area contributed by atoms with Crippen LogP contribution in [0.5, 0.6) is 0 Å². The van der Waals surface area contributed by atoms with E-state index in [0.717, 1.165) is 17.3 Å². The second-order valence-electron chi connectivity index (χ2n) is 7.77. The molecule has 9 heteroatoms. The lowest BCUT2D eigenvalue weighted by molar-refractivity contribution is -0.120. The Morgan fingerprint density at radius 1 is 1.03 bits per heavy atom. The molecule has 5 rings (SSSR count). The third-order valence-electron chi connectivity index (χ3n) is 5.46. The van der Waals surface area contributed by atoms with Crippen LogP contribution in [0.15, 0.2) is 82.7 Å². The predicted molar refractivity (Wildman–Crippen MR) is 135 cm³/mol. The summed E-state index contributed by atoms with van der Waals surface area (Å²) in [6.45, 7) is 0.255. The molecule has 7 nitrogen and oxygen atoms in total. The van der Waals surface area contributed by atoms with Crippen LogP contribution >= 0.6 is 23.4 Å². The van der Waals surface area contributed by atoms with Gasteiger partial charge in [0.05, 0.1) is 34.6 Å². The lowest BCUT2D eigenvalue weighted by atomic mass is 10.2. The van der Waals surface area contributed by atoms with Crippen LogP contribution in [0.1, 0.15) is 5.56 Å². The molecule has 0 spiro atoms. The number of hydrogen-bond donors (Lipinski definition) is 1. The number of anilines is 2. The molecule has 2 heterocycles. The number of amides is 2. The summed E-state index contributed by atoms with van der Waals surface area (Å²) in [7, 11) is 0. The molecule has 0 atom stereocenters. The normalized spacial score (nSPS) is 13.0. The first-order chi connectivity index (χ1) is 16.5. The summed E-state index contributed by atoms with van der Waals surface area (Å²) < 4.78 is 1.57. The Labute approximate surface area is 204 Å². The fraction of sp³-hybridized carbons (Fsp3) is 0.120. The van der Waals surface area contributed by atoms with Crippen molar-refractivity contribution in [3.05, 3.63) is 93.7 Å². The first-order valence-corrected chi connectivity index (χ1v) is 11.9. The van der Waals surface area contributed by atoms with E-state index < -0.39 is 0 Å². The van der Waals surface area contributed by atoms with Crippen LogP contribution in [-0.2, 0) is 16.1 Å². The number of fused-ring (bicyclic) bond motifs is 2. The molecule has 0 bridgehead atoms. The number of benzene rings is 3. The van der Waals surface area contributed by atoms with Gasteiger partial charge in [-0.2, -0.15) is 0 Å². The van der Waals surface area contributed by atoms with Crippen LogP contribution in [0.2, 0.25) is 5.02 Å². The molecule has 4 aromatic rings. The molecule has 170 valence electrons. The number of carbonyl (C=O) groups is 2. The van der Waals surface area contributed by atoms with E-state index >= 15 is 0 Å². The van der Waals surface area contributed by atoms with Crippen LogP contribution in [0.4, 0.5) is 11.4 Å². The van der Waals surface area contributed by atoms with Gasteiger partial charge in [0, 0.05) is 5.02 Å². The molecule has 1 aliphatic heterocycles. The SMILES string of the molecule is O=C1CN(C(=O)CSc2nc3cc(Cl)ccc3c(=O)n2Cc2ccccc2)c2ccccc2N1. The van der Waals surface area contributed by atoms with Crippen molar-refractivity contribution in [2.24, 2.45) is 0 Å². The van der Waals surface area contributed by atoms with Crippen molar-refractivity contribution < 1.29 is 9.59 Å². The number of carbonyl (C=O) groups excluding carboxylic acids is 2. The summed E-state index contributed by atoms with van der Waals surface area (Å²) in [6.07, 6.45) is 0. The van der Waals surface area contributed by atoms with Crippen molar-refractivity contribution in [2.45, 2.75) is 11.7 Å². The molecule has 1 N–H and O–H groups in total. The van der Waals surface area contributed by atoms with Gasteiger partial charge >= 0.3 is 0 Å². The maximum Gasteiger partial charge on any atom is 0.262 e. The molecule has 0 saturated carbocycles. The number of aromatic nitrogens is 2. The smallest absolute Gasteiger partial charge is 0.262 e. The number of thioether (sulfide) groups is 1. The number of rotatable bonds is 5. The summed E-state index contributed by atoms with van der Waals surface area (Å²) >= 11 is 7.29. The Hall–Kier alpha value is -3.62. The predicted octanol–water partition coefficient (Wildman–Crippen LogP) is 4.18. The minimum Gasteiger partial charge on any atom is -0.323 e. The monoisotopic (exact) mass is 490 g/mol. The number of nitrogens with zero attached hydrogens (tertiary/aromatic N) is 3. The molecule has 1 aromatic heterocycles. The summed E-state index contributed by atoms with van der Waals surface area (Å²) in [5, 5.41) is 4.12. The van der Waals surface area contributed by atoms with Gasteiger partial charge in [0.15, 0.2) is 5.16 Å². The van der Waals surface area contributed by atoms with Gasteiger partial charge in [-0.15, -0.1) is 0 Å². The second-order valence-corrected chi connectivity index (χ2v) is 9.15. The fourth-order valence-corrected chi connectivity index (χ4v) is 4.89. The first-order valence-electron chi connectivity index (χ1n) is 10.6. The lowest BCUT2D eigenvalue weighted by Gasteiger charge is -2.29. The summed E-state index contributed by atoms with van der Waals surface area (Å²) in [5.74, 6) is -0.495. The third-order valence-corrected chi connectivity index (χ3v) is 6.66. The highest BCUT2D eigenvalue weighted by Gasteiger charge is 2.27. The van der Waals surface area contributed by atoms with E-state index in [0.29, 0.717) is 39.0 Å². The Balaban J connectivity index is 1.48. The van der Waals surface area contributed by atoms with Gasteiger partial charge in [-0.3, -0.25) is 19.0 Å². The third kappa shape index (κ3) is 4.42. The highest BCUT2D eigenvalue weighted by molar-refractivity contribution is 7.99. The van der Waals surface area contributed by atoms with Crippen LogP contribution in [-0.4, -0.2) is 33.7 Å². The molecular formula is C25H19ClN4O3S. The van der Waals surface area contributed by atoms with E-state index in [1.165, 1.54) is 4.90 Å². The van der Waals surface area contributed by atoms with Gasteiger partial charge in [-0.1, -0.05) is 65.8 Å². The van der Waals surface area contributed by atoms with Crippen molar-refractivity contribution in [2.75, 3.05) is 22.5 Å². The maximum atomic E-state index is 13.3. The summed E-state index contributed by atoms with van der Waals surface area (Å²) in [5.41, 5.74) is 2.45. The van der Waals surface area contributed by atoms with Crippen LogP contribution in [0.25, 0.3) is 10.9 Å². The lowest BCUT2D eigenvalue weighted by Crippen LogP contribution is -2.43. The molecule has 3 aromatic carbocycles. The molecule has 0 radical (unpaired) electrons. The van der Waals surface area contributed by atoms with Gasteiger partial charge in [0.1, 0.15) is 6.54 Å². The quantitative estimate of drug-likeness (QED) is 0.335. The minimum atomic E-state index is -0.253. The standard InChI is InChI=1S/C25H19ClN4O3S/c26-17-10-11-18-20(12-17)28-25(30(24(18)33)13-16-6-2-1-3-7-16)34-15-23(32)29-14-22(31)27-19-8-4-5-9-21(19)29/h1-12H,13-15H2,(H,27,31). The zero-order valence-corrected chi connectivity index (χ0v) is 19.5. The summed E-state index contributed by atoms with van der Waals surface area (Å²) in [6, 6.07) is 21.7. The van der Waals surface area contributed by atoms with Crippen molar-refractivity contribution in [1.29, 1.82) is 0 Å². The van der Waals surface area contributed by atoms with Gasteiger partial charge in [0.25, 0.3) is 5.56 Å². The maximum absolute atomic E-state index is 13.3.